The van der Waals surface area contributed by atoms with Crippen molar-refractivity contribution in [2.45, 2.75) is 39.7 Å². The molecule has 0 atom stereocenters. The van der Waals surface area contributed by atoms with Crippen molar-refractivity contribution in [3.8, 4) is 0 Å². The van der Waals surface area contributed by atoms with Gasteiger partial charge in [-0.15, -0.1) is 0 Å². The fourth-order valence-corrected chi connectivity index (χ4v) is 2.19. The zero-order chi connectivity index (χ0) is 12.3. The zero-order valence-corrected chi connectivity index (χ0v) is 10.5. The van der Waals surface area contributed by atoms with Gasteiger partial charge >= 0.3 is 0 Å². The van der Waals surface area contributed by atoms with Gasteiger partial charge in [-0.2, -0.15) is 4.98 Å². The van der Waals surface area contributed by atoms with Gasteiger partial charge in [-0.3, -0.25) is 9.69 Å². The number of ketones is 1. The summed E-state index contributed by atoms with van der Waals surface area (Å²) in [5.74, 6) is 2.01. The highest BCUT2D eigenvalue weighted by Gasteiger charge is 2.23. The first kappa shape index (κ1) is 12.2. The first-order chi connectivity index (χ1) is 8.19. The van der Waals surface area contributed by atoms with Crippen LogP contribution >= 0.6 is 0 Å². The molecule has 0 saturated carbocycles. The standard InChI is InChI=1S/C12H19N3O2/c1-3-11-13-12(17-14-11)8-15-6-4-10(5-7-15)9(2)16/h10H,3-8H2,1-2H3. The molecule has 2 heterocycles. The van der Waals surface area contributed by atoms with Crippen LogP contribution in [0.25, 0.3) is 0 Å². The molecule has 1 aliphatic rings. The smallest absolute Gasteiger partial charge is 0.240 e. The maximum atomic E-state index is 11.2. The van der Waals surface area contributed by atoms with E-state index in [4.69, 9.17) is 4.52 Å². The predicted molar refractivity (Wildman–Crippen MR) is 62.4 cm³/mol. The second-order valence-corrected chi connectivity index (χ2v) is 4.62. The maximum absolute atomic E-state index is 11.2. The van der Waals surface area contributed by atoms with E-state index in [0.717, 1.165) is 38.2 Å². The van der Waals surface area contributed by atoms with Crippen molar-refractivity contribution in [1.82, 2.24) is 15.0 Å². The van der Waals surface area contributed by atoms with Crippen molar-refractivity contribution in [1.29, 1.82) is 0 Å². The van der Waals surface area contributed by atoms with Crippen LogP contribution in [0.15, 0.2) is 4.52 Å². The number of likely N-dealkylation sites (tertiary alicyclic amines) is 1. The molecule has 1 fully saturated rings. The van der Waals surface area contributed by atoms with Gasteiger partial charge in [0.15, 0.2) is 5.82 Å². The van der Waals surface area contributed by atoms with Crippen molar-refractivity contribution in [3.05, 3.63) is 11.7 Å². The molecule has 1 saturated heterocycles. The van der Waals surface area contributed by atoms with E-state index in [9.17, 15) is 4.79 Å². The molecule has 0 aromatic carbocycles. The number of Topliss-reactive ketones (excluding diaryl/α,β-unsaturated/α-hetero) is 1. The van der Waals surface area contributed by atoms with Crippen molar-refractivity contribution in [2.75, 3.05) is 13.1 Å². The second kappa shape index (κ2) is 5.40. The summed E-state index contributed by atoms with van der Waals surface area (Å²) in [6.45, 7) is 6.28. The largest absolute Gasteiger partial charge is 0.338 e. The quantitative estimate of drug-likeness (QED) is 0.793. The van der Waals surface area contributed by atoms with Crippen LogP contribution in [0.1, 0.15) is 38.4 Å². The lowest BCUT2D eigenvalue weighted by molar-refractivity contribution is -0.122. The van der Waals surface area contributed by atoms with Crippen LogP contribution < -0.4 is 0 Å². The number of aromatic nitrogens is 2. The lowest BCUT2D eigenvalue weighted by Crippen LogP contribution is -2.35. The molecule has 17 heavy (non-hydrogen) atoms. The third-order valence-corrected chi connectivity index (χ3v) is 3.35. The summed E-state index contributed by atoms with van der Waals surface area (Å²) < 4.78 is 5.16. The van der Waals surface area contributed by atoms with Gasteiger partial charge < -0.3 is 4.52 Å². The Balaban J connectivity index is 1.83. The first-order valence-electron chi connectivity index (χ1n) is 6.23. The minimum atomic E-state index is 0.250. The molecule has 1 aromatic heterocycles. The molecule has 0 radical (unpaired) electrons. The Labute approximate surface area is 101 Å². The number of piperidine rings is 1. The Kier molecular flexibility index (Phi) is 3.89. The highest BCUT2D eigenvalue weighted by molar-refractivity contribution is 5.78. The third-order valence-electron chi connectivity index (χ3n) is 3.35. The predicted octanol–water partition coefficient (Wildman–Crippen LogP) is 1.43. The molecule has 0 N–H and O–H groups in total. The maximum Gasteiger partial charge on any atom is 0.240 e. The van der Waals surface area contributed by atoms with Gasteiger partial charge in [0.05, 0.1) is 6.54 Å². The van der Waals surface area contributed by atoms with Crippen LogP contribution in [0.4, 0.5) is 0 Å². The van der Waals surface area contributed by atoms with E-state index >= 15 is 0 Å². The lowest BCUT2D eigenvalue weighted by Gasteiger charge is -2.29. The van der Waals surface area contributed by atoms with Crippen molar-refractivity contribution in [3.63, 3.8) is 0 Å². The topological polar surface area (TPSA) is 59.2 Å². The van der Waals surface area contributed by atoms with E-state index in [1.165, 1.54) is 0 Å². The Morgan fingerprint density at radius 1 is 1.47 bits per heavy atom. The molecule has 0 spiro atoms. The highest BCUT2D eigenvalue weighted by atomic mass is 16.5. The summed E-state index contributed by atoms with van der Waals surface area (Å²) in [7, 11) is 0. The zero-order valence-electron chi connectivity index (χ0n) is 10.5. The Hall–Kier alpha value is -1.23. The lowest BCUT2D eigenvalue weighted by atomic mass is 9.93. The molecule has 0 amide bonds. The highest BCUT2D eigenvalue weighted by Crippen LogP contribution is 2.19. The molecule has 5 heteroatoms. The average Bonchev–Trinajstić information content (AvgIpc) is 2.77. The molecular weight excluding hydrogens is 218 g/mol. The Morgan fingerprint density at radius 3 is 2.71 bits per heavy atom. The van der Waals surface area contributed by atoms with Crippen molar-refractivity contribution < 1.29 is 9.32 Å². The molecule has 5 nitrogen and oxygen atoms in total. The van der Waals surface area contributed by atoms with Gasteiger partial charge in [-0.05, 0) is 32.9 Å². The number of hydrogen-bond donors (Lipinski definition) is 0. The van der Waals surface area contributed by atoms with Gasteiger partial charge in [-0.25, -0.2) is 0 Å². The van der Waals surface area contributed by atoms with Crippen LogP contribution in [-0.4, -0.2) is 33.9 Å². The number of carbonyl (C=O) groups is 1. The van der Waals surface area contributed by atoms with Crippen LogP contribution in [-0.2, 0) is 17.8 Å². The first-order valence-corrected chi connectivity index (χ1v) is 6.23. The summed E-state index contributed by atoms with van der Waals surface area (Å²) in [5, 5.41) is 3.88. The van der Waals surface area contributed by atoms with Crippen LogP contribution in [0.5, 0.6) is 0 Å². The fourth-order valence-electron chi connectivity index (χ4n) is 2.19. The molecule has 94 valence electrons. The SMILES string of the molecule is CCc1noc(CN2CCC(C(C)=O)CC2)n1. The molecule has 0 unspecified atom stereocenters. The molecule has 0 aliphatic carbocycles. The summed E-state index contributed by atoms with van der Waals surface area (Å²) in [4.78, 5) is 17.8. The number of aryl methyl sites for hydroxylation is 1. The van der Waals surface area contributed by atoms with E-state index in [2.05, 4.69) is 15.0 Å². The van der Waals surface area contributed by atoms with E-state index in [1.54, 1.807) is 6.92 Å². The monoisotopic (exact) mass is 237 g/mol. The summed E-state index contributed by atoms with van der Waals surface area (Å²) in [6.07, 6.45) is 2.70. The van der Waals surface area contributed by atoms with Crippen molar-refractivity contribution in [2.24, 2.45) is 5.92 Å². The average molecular weight is 237 g/mol. The van der Waals surface area contributed by atoms with Crippen LogP contribution in [0.2, 0.25) is 0 Å². The van der Waals surface area contributed by atoms with Crippen LogP contribution in [0, 0.1) is 5.92 Å². The van der Waals surface area contributed by atoms with E-state index < -0.39 is 0 Å². The third kappa shape index (κ3) is 3.12. The van der Waals surface area contributed by atoms with Crippen LogP contribution in [0.3, 0.4) is 0 Å². The van der Waals surface area contributed by atoms with Gasteiger partial charge in [0, 0.05) is 12.3 Å². The second-order valence-electron chi connectivity index (χ2n) is 4.62. The number of nitrogens with zero attached hydrogens (tertiary/aromatic N) is 3. The summed E-state index contributed by atoms with van der Waals surface area (Å²) in [6, 6.07) is 0. The minimum absolute atomic E-state index is 0.250. The summed E-state index contributed by atoms with van der Waals surface area (Å²) in [5.41, 5.74) is 0. The fraction of sp³-hybridized carbons (Fsp3) is 0.750. The number of carbonyl (C=O) groups excluding carboxylic acids is 1. The molecule has 0 bridgehead atoms. The molecule has 2 rings (SSSR count). The van der Waals surface area contributed by atoms with E-state index in [-0.39, 0.29) is 5.92 Å². The molecule has 1 aromatic rings. The Bertz CT molecular complexity index is 381. The van der Waals surface area contributed by atoms with Crippen molar-refractivity contribution >= 4 is 5.78 Å². The summed E-state index contributed by atoms with van der Waals surface area (Å²) >= 11 is 0. The van der Waals surface area contributed by atoms with Gasteiger partial charge in [0.25, 0.3) is 0 Å². The number of rotatable bonds is 4. The molecule has 1 aliphatic heterocycles. The van der Waals surface area contributed by atoms with E-state index in [1.807, 2.05) is 6.92 Å². The van der Waals surface area contributed by atoms with Gasteiger partial charge in [0.1, 0.15) is 5.78 Å². The van der Waals surface area contributed by atoms with Gasteiger partial charge in [0.2, 0.25) is 5.89 Å². The molecular formula is C12H19N3O2. The minimum Gasteiger partial charge on any atom is -0.338 e. The number of hydrogen-bond acceptors (Lipinski definition) is 5. The van der Waals surface area contributed by atoms with E-state index in [0.29, 0.717) is 18.2 Å². The van der Waals surface area contributed by atoms with Gasteiger partial charge in [-0.1, -0.05) is 12.1 Å². The Morgan fingerprint density at radius 2 is 2.18 bits per heavy atom. The normalized spacial score (nSPS) is 18.5.